The molecule has 0 aromatic heterocycles. The molecule has 1 N–H and O–H groups in total. The lowest BCUT2D eigenvalue weighted by Gasteiger charge is -2.15. The lowest BCUT2D eigenvalue weighted by molar-refractivity contribution is -0.139. The van der Waals surface area contributed by atoms with Crippen molar-refractivity contribution in [1.82, 2.24) is 4.90 Å². The number of amides is 1. The zero-order valence-electron chi connectivity index (χ0n) is 16.5. The van der Waals surface area contributed by atoms with Gasteiger partial charge in [-0.2, -0.15) is 0 Å². The van der Waals surface area contributed by atoms with Gasteiger partial charge in [0.05, 0.1) is 10.6 Å². The maximum absolute atomic E-state index is 13.0. The molecule has 2 aromatic carbocycles. The second-order valence-corrected chi connectivity index (χ2v) is 7.40. The summed E-state index contributed by atoms with van der Waals surface area (Å²) in [5, 5.41) is 9.32. The van der Waals surface area contributed by atoms with Crippen molar-refractivity contribution in [3.05, 3.63) is 65.1 Å². The number of ether oxygens (including phenoxy) is 2. The molecule has 0 atom stereocenters. The molecule has 1 aliphatic rings. The molecule has 0 bridgehead atoms. The Bertz CT molecular complexity index is 942. The van der Waals surface area contributed by atoms with Crippen LogP contribution >= 0.6 is 11.8 Å². The molecule has 0 saturated carbocycles. The highest BCUT2D eigenvalue weighted by Gasteiger charge is 2.33. The van der Waals surface area contributed by atoms with Gasteiger partial charge in [0.2, 0.25) is 0 Å². The first-order chi connectivity index (χ1) is 14.6. The third-order valence-electron chi connectivity index (χ3n) is 4.14. The van der Waals surface area contributed by atoms with E-state index in [1.165, 1.54) is 11.8 Å². The second kappa shape index (κ2) is 10.6. The van der Waals surface area contributed by atoms with Crippen molar-refractivity contribution < 1.29 is 24.2 Å². The number of benzene rings is 2. The Morgan fingerprint density at radius 1 is 1.17 bits per heavy atom. The van der Waals surface area contributed by atoms with Crippen LogP contribution < -0.4 is 4.74 Å². The monoisotopic (exact) mass is 426 g/mol. The Morgan fingerprint density at radius 2 is 1.90 bits per heavy atom. The number of hydrogen-bond acceptors (Lipinski definition) is 6. The number of carboxylic acids is 1. The largest absolute Gasteiger partial charge is 0.482 e. The van der Waals surface area contributed by atoms with Crippen LogP contribution in [0.25, 0.3) is 6.08 Å². The van der Waals surface area contributed by atoms with Gasteiger partial charge in [-0.1, -0.05) is 30.3 Å². The van der Waals surface area contributed by atoms with Gasteiger partial charge in [-0.3, -0.25) is 9.69 Å². The van der Waals surface area contributed by atoms with E-state index in [1.807, 2.05) is 30.3 Å². The number of methoxy groups -OCH3 is 1. The Labute approximate surface area is 179 Å². The number of aliphatic imine (C=N–C) groups is 1. The van der Waals surface area contributed by atoms with E-state index >= 15 is 0 Å². The second-order valence-electron chi connectivity index (χ2n) is 6.40. The standard InChI is InChI=1S/C22H22N2O5S/c1-28-13-5-12-24-21(27)19(30-22(24)23-17-6-3-2-4-7-17)14-16-8-10-18(11-9-16)29-15-20(25)26/h2-4,6-11,14H,5,12-13,15H2,1H3,(H,25,26)/b19-14-,23-22?. The number of amidine groups is 1. The maximum Gasteiger partial charge on any atom is 0.341 e. The molecule has 7 nitrogen and oxygen atoms in total. The average molecular weight is 426 g/mol. The van der Waals surface area contributed by atoms with E-state index in [4.69, 9.17) is 14.6 Å². The van der Waals surface area contributed by atoms with Gasteiger partial charge in [0, 0.05) is 20.3 Å². The van der Waals surface area contributed by atoms with Gasteiger partial charge in [0.15, 0.2) is 11.8 Å². The average Bonchev–Trinajstić information content (AvgIpc) is 3.03. The maximum atomic E-state index is 13.0. The first-order valence-electron chi connectivity index (χ1n) is 9.35. The Balaban J connectivity index is 1.79. The molecule has 2 aromatic rings. The molecular weight excluding hydrogens is 404 g/mol. The van der Waals surface area contributed by atoms with Crippen LogP contribution in [-0.2, 0) is 14.3 Å². The van der Waals surface area contributed by atoms with Crippen molar-refractivity contribution in [2.45, 2.75) is 6.42 Å². The summed E-state index contributed by atoms with van der Waals surface area (Å²) in [6.45, 7) is 0.680. The van der Waals surface area contributed by atoms with Crippen LogP contribution in [0, 0.1) is 0 Å². The number of rotatable bonds is 9. The predicted molar refractivity (Wildman–Crippen MR) is 117 cm³/mol. The molecule has 0 unspecified atom stereocenters. The molecule has 3 rings (SSSR count). The summed E-state index contributed by atoms with van der Waals surface area (Å²) in [6, 6.07) is 16.4. The van der Waals surface area contributed by atoms with Gasteiger partial charge in [-0.25, -0.2) is 9.79 Å². The number of carbonyl (C=O) groups is 2. The fourth-order valence-electron chi connectivity index (χ4n) is 2.73. The summed E-state index contributed by atoms with van der Waals surface area (Å²) < 4.78 is 10.2. The Kier molecular flexibility index (Phi) is 7.64. The van der Waals surface area contributed by atoms with Gasteiger partial charge >= 0.3 is 5.97 Å². The lowest BCUT2D eigenvalue weighted by Crippen LogP contribution is -2.30. The smallest absolute Gasteiger partial charge is 0.341 e. The van der Waals surface area contributed by atoms with E-state index in [1.54, 1.807) is 42.4 Å². The summed E-state index contributed by atoms with van der Waals surface area (Å²) in [5.74, 6) is -0.678. The topological polar surface area (TPSA) is 88.4 Å². The van der Waals surface area contributed by atoms with Gasteiger partial charge in [-0.05, 0) is 54.1 Å². The Morgan fingerprint density at radius 3 is 2.57 bits per heavy atom. The van der Waals surface area contributed by atoms with E-state index in [0.29, 0.717) is 35.4 Å². The van der Waals surface area contributed by atoms with Crippen LogP contribution in [0.5, 0.6) is 5.75 Å². The third kappa shape index (κ3) is 5.95. The number of carbonyl (C=O) groups excluding carboxylic acids is 1. The van der Waals surface area contributed by atoms with Gasteiger partial charge in [-0.15, -0.1) is 0 Å². The molecule has 1 saturated heterocycles. The minimum absolute atomic E-state index is 0.100. The zero-order chi connectivity index (χ0) is 21.3. The molecule has 0 radical (unpaired) electrons. The highest BCUT2D eigenvalue weighted by molar-refractivity contribution is 8.18. The van der Waals surface area contributed by atoms with Crippen LogP contribution in [0.15, 0.2) is 64.5 Å². The van der Waals surface area contributed by atoms with E-state index in [2.05, 4.69) is 4.99 Å². The molecule has 1 fully saturated rings. The fraction of sp³-hybridized carbons (Fsp3) is 0.227. The fourth-order valence-corrected chi connectivity index (χ4v) is 3.75. The zero-order valence-corrected chi connectivity index (χ0v) is 17.3. The number of nitrogens with zero attached hydrogens (tertiary/aromatic N) is 2. The molecule has 1 aliphatic heterocycles. The summed E-state index contributed by atoms with van der Waals surface area (Å²) in [5.41, 5.74) is 1.59. The van der Waals surface area contributed by atoms with E-state index in [-0.39, 0.29) is 5.91 Å². The van der Waals surface area contributed by atoms with Crippen molar-refractivity contribution >= 4 is 40.6 Å². The van der Waals surface area contributed by atoms with E-state index < -0.39 is 12.6 Å². The van der Waals surface area contributed by atoms with Crippen LogP contribution in [-0.4, -0.2) is 53.9 Å². The predicted octanol–water partition coefficient (Wildman–Crippen LogP) is 3.79. The number of hydrogen-bond donors (Lipinski definition) is 1. The van der Waals surface area contributed by atoms with Gasteiger partial charge in [0.25, 0.3) is 5.91 Å². The molecule has 30 heavy (non-hydrogen) atoms. The first-order valence-corrected chi connectivity index (χ1v) is 10.2. The van der Waals surface area contributed by atoms with E-state index in [9.17, 15) is 9.59 Å². The van der Waals surface area contributed by atoms with Crippen molar-refractivity contribution in [3.63, 3.8) is 0 Å². The minimum atomic E-state index is -1.03. The molecule has 0 aliphatic carbocycles. The first kappa shape index (κ1) is 21.6. The number of para-hydroxylation sites is 1. The van der Waals surface area contributed by atoms with Gasteiger partial charge < -0.3 is 14.6 Å². The van der Waals surface area contributed by atoms with Crippen LogP contribution in [0.4, 0.5) is 5.69 Å². The number of carboxylic acid groups (broad SMARTS) is 1. The number of aliphatic carboxylic acids is 1. The molecule has 0 spiro atoms. The van der Waals surface area contributed by atoms with Crippen molar-refractivity contribution in [2.24, 2.45) is 4.99 Å². The van der Waals surface area contributed by atoms with Crippen molar-refractivity contribution in [2.75, 3.05) is 26.9 Å². The summed E-state index contributed by atoms with van der Waals surface area (Å²) >= 11 is 1.33. The van der Waals surface area contributed by atoms with Gasteiger partial charge in [0.1, 0.15) is 5.75 Å². The highest BCUT2D eigenvalue weighted by atomic mass is 32.2. The highest BCUT2D eigenvalue weighted by Crippen LogP contribution is 2.34. The molecule has 156 valence electrons. The molecule has 1 heterocycles. The molecule has 1 amide bonds. The summed E-state index contributed by atoms with van der Waals surface area (Å²) in [4.78, 5) is 30.5. The minimum Gasteiger partial charge on any atom is -0.482 e. The summed E-state index contributed by atoms with van der Waals surface area (Å²) in [7, 11) is 1.63. The summed E-state index contributed by atoms with van der Waals surface area (Å²) in [6.07, 6.45) is 2.50. The van der Waals surface area contributed by atoms with Crippen LogP contribution in [0.3, 0.4) is 0 Å². The van der Waals surface area contributed by atoms with Crippen molar-refractivity contribution in [1.29, 1.82) is 0 Å². The normalized spacial score (nSPS) is 16.4. The van der Waals surface area contributed by atoms with E-state index in [0.717, 1.165) is 11.3 Å². The quantitative estimate of drug-likeness (QED) is 0.485. The third-order valence-corrected chi connectivity index (χ3v) is 5.15. The SMILES string of the molecule is COCCCN1C(=O)/C(=C/c2ccc(OCC(=O)O)cc2)SC1=Nc1ccccc1. The van der Waals surface area contributed by atoms with Crippen molar-refractivity contribution in [3.8, 4) is 5.75 Å². The van der Waals surface area contributed by atoms with Crippen LogP contribution in [0.1, 0.15) is 12.0 Å². The molecular formula is C22H22N2O5S. The lowest BCUT2D eigenvalue weighted by atomic mass is 10.2. The number of thioether (sulfide) groups is 1. The van der Waals surface area contributed by atoms with Crippen LogP contribution in [0.2, 0.25) is 0 Å². The Hall–Kier alpha value is -3.10. The molecule has 8 heteroatoms.